The number of carboxylic acids is 1. The van der Waals surface area contributed by atoms with Crippen molar-refractivity contribution < 1.29 is 9.90 Å². The van der Waals surface area contributed by atoms with Crippen molar-refractivity contribution in [3.63, 3.8) is 0 Å². The maximum atomic E-state index is 11.0. The zero-order valence-corrected chi connectivity index (χ0v) is 12.0. The lowest BCUT2D eigenvalue weighted by molar-refractivity contribution is 0.0696. The van der Waals surface area contributed by atoms with E-state index in [1.165, 1.54) is 11.8 Å². The van der Waals surface area contributed by atoms with E-state index in [0.717, 1.165) is 9.37 Å². The summed E-state index contributed by atoms with van der Waals surface area (Å²) in [6.07, 6.45) is 0. The molecule has 0 bridgehead atoms. The molecule has 2 aromatic rings. The summed E-state index contributed by atoms with van der Waals surface area (Å²) >= 11 is 4.89. The molecule has 5 heteroatoms. The highest BCUT2D eigenvalue weighted by Crippen LogP contribution is 2.32. The maximum absolute atomic E-state index is 11.0. The number of halogens is 1. The van der Waals surface area contributed by atoms with E-state index >= 15 is 0 Å². The molecule has 0 aliphatic rings. The zero-order chi connectivity index (χ0) is 13.1. The van der Waals surface area contributed by atoms with Gasteiger partial charge in [-0.3, -0.25) is 0 Å². The number of pyridine rings is 1. The van der Waals surface area contributed by atoms with Crippen molar-refractivity contribution in [1.82, 2.24) is 4.98 Å². The van der Waals surface area contributed by atoms with Gasteiger partial charge < -0.3 is 5.11 Å². The molecule has 0 radical (unpaired) electrons. The second kappa shape index (κ2) is 5.54. The third-order valence-corrected chi connectivity index (χ3v) is 4.18. The van der Waals surface area contributed by atoms with Crippen molar-refractivity contribution in [3.05, 3.63) is 52.1 Å². The molecule has 3 nitrogen and oxygen atoms in total. The molecule has 0 aliphatic heterocycles. The van der Waals surface area contributed by atoms with Gasteiger partial charge in [0.15, 0.2) is 0 Å². The van der Waals surface area contributed by atoms with E-state index in [4.69, 9.17) is 5.11 Å². The van der Waals surface area contributed by atoms with Gasteiger partial charge >= 0.3 is 5.97 Å². The number of carboxylic acid groups (broad SMARTS) is 1. The molecule has 0 fully saturated rings. The Hall–Kier alpha value is -1.33. The van der Waals surface area contributed by atoms with Crippen molar-refractivity contribution in [3.8, 4) is 0 Å². The van der Waals surface area contributed by atoms with Crippen LogP contribution in [0.3, 0.4) is 0 Å². The summed E-state index contributed by atoms with van der Waals surface area (Å²) in [7, 11) is 0. The fourth-order valence-corrected chi connectivity index (χ4v) is 2.89. The van der Waals surface area contributed by atoms with Crippen LogP contribution in [0.4, 0.5) is 0 Å². The molecule has 0 saturated heterocycles. The largest absolute Gasteiger partial charge is 0.478 e. The van der Waals surface area contributed by atoms with Gasteiger partial charge in [-0.05, 0) is 47.1 Å². The van der Waals surface area contributed by atoms with Crippen LogP contribution in [0.2, 0.25) is 0 Å². The van der Waals surface area contributed by atoms with Crippen LogP contribution < -0.4 is 0 Å². The molecule has 18 heavy (non-hydrogen) atoms. The summed E-state index contributed by atoms with van der Waals surface area (Å²) in [5.74, 6) is -0.936. The summed E-state index contributed by atoms with van der Waals surface area (Å²) in [4.78, 5) is 16.3. The molecule has 1 aromatic heterocycles. The molecule has 0 atom stereocenters. The van der Waals surface area contributed by atoms with E-state index in [-0.39, 0.29) is 5.56 Å². The SMILES string of the molecule is Cc1cc(C(=O)O)cc(Sc2ccccc2Br)n1. The number of nitrogens with zero attached hydrogens (tertiary/aromatic N) is 1. The lowest BCUT2D eigenvalue weighted by Gasteiger charge is -2.05. The fraction of sp³-hybridized carbons (Fsp3) is 0.0769. The summed E-state index contributed by atoms with van der Waals surface area (Å²) in [6, 6.07) is 10.9. The second-order valence-corrected chi connectivity index (χ2v) is 5.59. The minimum absolute atomic E-state index is 0.261. The monoisotopic (exact) mass is 323 g/mol. The van der Waals surface area contributed by atoms with Gasteiger partial charge in [-0.2, -0.15) is 0 Å². The van der Waals surface area contributed by atoms with E-state index in [2.05, 4.69) is 20.9 Å². The van der Waals surface area contributed by atoms with Gasteiger partial charge in [0.2, 0.25) is 0 Å². The first kappa shape index (κ1) is 13.1. The van der Waals surface area contributed by atoms with Crippen molar-refractivity contribution in [2.75, 3.05) is 0 Å². The van der Waals surface area contributed by atoms with Crippen molar-refractivity contribution in [1.29, 1.82) is 0 Å². The third-order valence-electron chi connectivity index (χ3n) is 2.23. The molecule has 1 N–H and O–H groups in total. The Kier molecular flexibility index (Phi) is 4.04. The first-order chi connectivity index (χ1) is 8.56. The van der Waals surface area contributed by atoms with Crippen molar-refractivity contribution in [2.24, 2.45) is 0 Å². The molecule has 0 spiro atoms. The van der Waals surface area contributed by atoms with E-state index in [1.54, 1.807) is 19.1 Å². The highest BCUT2D eigenvalue weighted by molar-refractivity contribution is 9.10. The van der Waals surface area contributed by atoms with Crippen LogP contribution in [0.15, 0.2) is 50.8 Å². The van der Waals surface area contributed by atoms with Gasteiger partial charge in [0.25, 0.3) is 0 Å². The number of carbonyl (C=O) groups is 1. The number of benzene rings is 1. The smallest absolute Gasteiger partial charge is 0.335 e. The summed E-state index contributed by atoms with van der Waals surface area (Å²) in [5.41, 5.74) is 0.960. The molecule has 2 rings (SSSR count). The first-order valence-electron chi connectivity index (χ1n) is 5.20. The van der Waals surface area contributed by atoms with Crippen LogP contribution in [0.25, 0.3) is 0 Å². The van der Waals surface area contributed by atoms with E-state index in [1.807, 2.05) is 24.3 Å². The Morgan fingerprint density at radius 1 is 1.33 bits per heavy atom. The normalized spacial score (nSPS) is 10.3. The van der Waals surface area contributed by atoms with Crippen LogP contribution in [-0.2, 0) is 0 Å². The Bertz CT molecular complexity index is 601. The lowest BCUT2D eigenvalue weighted by Crippen LogP contribution is -1.99. The standard InChI is InChI=1S/C13H10BrNO2S/c1-8-6-9(13(16)17)7-12(15-8)18-11-5-3-2-4-10(11)14/h2-7H,1H3,(H,16,17). The predicted molar refractivity (Wildman–Crippen MR) is 74.2 cm³/mol. The number of aromatic nitrogens is 1. The van der Waals surface area contributed by atoms with Crippen LogP contribution in [0.5, 0.6) is 0 Å². The highest BCUT2D eigenvalue weighted by Gasteiger charge is 2.09. The van der Waals surface area contributed by atoms with Gasteiger partial charge in [-0.15, -0.1) is 0 Å². The fourth-order valence-electron chi connectivity index (χ4n) is 1.45. The Labute approximate surface area is 117 Å². The molecular formula is C13H10BrNO2S. The molecule has 1 heterocycles. The Balaban J connectivity index is 2.35. The lowest BCUT2D eigenvalue weighted by atomic mass is 10.2. The van der Waals surface area contributed by atoms with Crippen LogP contribution in [0, 0.1) is 6.92 Å². The van der Waals surface area contributed by atoms with Crippen molar-refractivity contribution >= 4 is 33.7 Å². The molecule has 0 saturated carbocycles. The van der Waals surface area contributed by atoms with E-state index < -0.39 is 5.97 Å². The second-order valence-electron chi connectivity index (χ2n) is 3.67. The highest BCUT2D eigenvalue weighted by atomic mass is 79.9. The van der Waals surface area contributed by atoms with Crippen molar-refractivity contribution in [2.45, 2.75) is 16.8 Å². The van der Waals surface area contributed by atoms with Gasteiger partial charge in [-0.25, -0.2) is 9.78 Å². The van der Waals surface area contributed by atoms with Gasteiger partial charge in [0.1, 0.15) is 5.03 Å². The van der Waals surface area contributed by atoms with E-state index in [9.17, 15) is 4.79 Å². The van der Waals surface area contributed by atoms with Crippen LogP contribution in [-0.4, -0.2) is 16.1 Å². The van der Waals surface area contributed by atoms with E-state index in [0.29, 0.717) is 10.7 Å². The predicted octanol–water partition coefficient (Wildman–Crippen LogP) is 4.00. The number of aromatic carboxylic acids is 1. The van der Waals surface area contributed by atoms with Gasteiger partial charge in [-0.1, -0.05) is 23.9 Å². The van der Waals surface area contributed by atoms with Gasteiger partial charge in [0.05, 0.1) is 5.56 Å². The molecule has 1 aromatic carbocycles. The quantitative estimate of drug-likeness (QED) is 0.927. The number of hydrogen-bond donors (Lipinski definition) is 1. The Morgan fingerprint density at radius 3 is 2.72 bits per heavy atom. The van der Waals surface area contributed by atoms with Crippen LogP contribution in [0.1, 0.15) is 16.1 Å². The molecule has 0 unspecified atom stereocenters. The molecule has 0 amide bonds. The molecular weight excluding hydrogens is 314 g/mol. The number of aryl methyl sites for hydroxylation is 1. The average Bonchev–Trinajstić information content (AvgIpc) is 2.31. The summed E-state index contributed by atoms with van der Waals surface area (Å²) in [5, 5.41) is 9.69. The number of hydrogen-bond acceptors (Lipinski definition) is 3. The summed E-state index contributed by atoms with van der Waals surface area (Å²) in [6.45, 7) is 1.79. The van der Waals surface area contributed by atoms with Crippen LogP contribution >= 0.6 is 27.7 Å². The number of rotatable bonds is 3. The minimum Gasteiger partial charge on any atom is -0.478 e. The molecule has 0 aliphatic carbocycles. The Morgan fingerprint density at radius 2 is 2.06 bits per heavy atom. The zero-order valence-electron chi connectivity index (χ0n) is 9.55. The first-order valence-corrected chi connectivity index (χ1v) is 6.81. The topological polar surface area (TPSA) is 50.2 Å². The third kappa shape index (κ3) is 3.11. The van der Waals surface area contributed by atoms with Gasteiger partial charge in [0, 0.05) is 15.1 Å². The maximum Gasteiger partial charge on any atom is 0.335 e. The summed E-state index contributed by atoms with van der Waals surface area (Å²) < 4.78 is 0.968. The molecule has 92 valence electrons. The minimum atomic E-state index is -0.936. The average molecular weight is 324 g/mol.